The minimum absolute atomic E-state index is 0.0400. The van der Waals surface area contributed by atoms with Crippen molar-refractivity contribution in [1.29, 1.82) is 5.26 Å². The predicted molar refractivity (Wildman–Crippen MR) is 123 cm³/mol. The van der Waals surface area contributed by atoms with Crippen LogP contribution in [0.1, 0.15) is 10.6 Å². The number of sulfonamides is 1. The quantitative estimate of drug-likeness (QED) is 0.340. The number of para-hydroxylation sites is 2. The van der Waals surface area contributed by atoms with Crippen LogP contribution in [0.15, 0.2) is 83.8 Å². The molecule has 0 amide bonds. The maximum absolute atomic E-state index is 12.9. The zero-order chi connectivity index (χ0) is 22.0. The number of nitrogens with zero attached hydrogens (tertiary/aromatic N) is 3. The summed E-state index contributed by atoms with van der Waals surface area (Å²) in [5, 5.41) is 20.7. The van der Waals surface area contributed by atoms with Gasteiger partial charge in [-0.25, -0.2) is 13.4 Å². The zero-order valence-corrected chi connectivity index (χ0v) is 18.1. The molecule has 1 aromatic heterocycles. The van der Waals surface area contributed by atoms with E-state index in [-0.39, 0.29) is 16.2 Å². The molecule has 0 bridgehead atoms. The standard InChI is InChI=1S/C23H17N3O3S2/c1-26(17-7-3-2-4-8-17)31(28,29)18-13-11-16(12-14-18)22(27)19(15-24)23-25-20-9-5-6-10-21(20)30-23/h2-14,27H,1H3/b22-19-. The van der Waals surface area contributed by atoms with Gasteiger partial charge >= 0.3 is 0 Å². The van der Waals surface area contributed by atoms with Gasteiger partial charge in [0.15, 0.2) is 0 Å². The smallest absolute Gasteiger partial charge is 0.264 e. The van der Waals surface area contributed by atoms with E-state index in [4.69, 9.17) is 0 Å². The summed E-state index contributed by atoms with van der Waals surface area (Å²) in [6.45, 7) is 0. The third-order valence-corrected chi connectivity index (χ3v) is 7.62. The summed E-state index contributed by atoms with van der Waals surface area (Å²) in [5.41, 5.74) is 1.65. The fraction of sp³-hybridized carbons (Fsp3) is 0.0435. The molecule has 1 N–H and O–H groups in total. The van der Waals surface area contributed by atoms with Crippen LogP contribution in [0.4, 0.5) is 5.69 Å². The van der Waals surface area contributed by atoms with Gasteiger partial charge in [-0.2, -0.15) is 5.26 Å². The average molecular weight is 448 g/mol. The molecule has 6 nitrogen and oxygen atoms in total. The van der Waals surface area contributed by atoms with Crippen LogP contribution in [0.5, 0.6) is 0 Å². The summed E-state index contributed by atoms with van der Waals surface area (Å²) >= 11 is 1.31. The molecule has 0 saturated carbocycles. The molecule has 0 fully saturated rings. The van der Waals surface area contributed by atoms with Crippen LogP contribution in [0.2, 0.25) is 0 Å². The van der Waals surface area contributed by atoms with E-state index in [1.54, 1.807) is 24.3 Å². The highest BCUT2D eigenvalue weighted by molar-refractivity contribution is 7.92. The minimum atomic E-state index is -3.77. The van der Waals surface area contributed by atoms with Crippen LogP contribution in [-0.2, 0) is 10.0 Å². The number of nitriles is 1. The molecule has 0 saturated heterocycles. The third kappa shape index (κ3) is 3.89. The van der Waals surface area contributed by atoms with Crippen LogP contribution in [-0.4, -0.2) is 25.6 Å². The molecule has 154 valence electrons. The van der Waals surface area contributed by atoms with E-state index in [9.17, 15) is 18.8 Å². The zero-order valence-electron chi connectivity index (χ0n) is 16.4. The largest absolute Gasteiger partial charge is 0.506 e. The normalized spacial score (nSPS) is 12.3. The summed E-state index contributed by atoms with van der Waals surface area (Å²) in [6.07, 6.45) is 0. The van der Waals surface area contributed by atoms with Crippen molar-refractivity contribution in [2.45, 2.75) is 4.90 Å². The Labute approximate surface area is 184 Å². The van der Waals surface area contributed by atoms with E-state index in [0.29, 0.717) is 16.3 Å². The molecule has 0 aliphatic rings. The Morgan fingerprint density at radius 1 is 1.00 bits per heavy atom. The van der Waals surface area contributed by atoms with Crippen molar-refractivity contribution in [3.63, 3.8) is 0 Å². The molecule has 3 aromatic carbocycles. The molecule has 0 aliphatic carbocycles. The van der Waals surface area contributed by atoms with Gasteiger partial charge < -0.3 is 5.11 Å². The summed E-state index contributed by atoms with van der Waals surface area (Å²) in [4.78, 5) is 4.50. The van der Waals surface area contributed by atoms with E-state index in [2.05, 4.69) is 4.98 Å². The van der Waals surface area contributed by atoms with Crippen molar-refractivity contribution in [1.82, 2.24) is 4.98 Å². The van der Waals surface area contributed by atoms with Crippen molar-refractivity contribution in [3.8, 4) is 6.07 Å². The average Bonchev–Trinajstić information content (AvgIpc) is 3.23. The number of aliphatic hydroxyl groups excluding tert-OH is 1. The lowest BCUT2D eigenvalue weighted by Gasteiger charge is -2.19. The molecule has 31 heavy (non-hydrogen) atoms. The minimum Gasteiger partial charge on any atom is -0.506 e. The van der Waals surface area contributed by atoms with Gasteiger partial charge in [-0.3, -0.25) is 4.31 Å². The Hall–Kier alpha value is -3.67. The van der Waals surface area contributed by atoms with Gasteiger partial charge in [0.05, 0.1) is 20.8 Å². The number of hydrogen-bond acceptors (Lipinski definition) is 6. The summed E-state index contributed by atoms with van der Waals surface area (Å²) in [5.74, 6) is -0.248. The molecule has 4 rings (SSSR count). The van der Waals surface area contributed by atoms with Crippen LogP contribution >= 0.6 is 11.3 Å². The summed E-state index contributed by atoms with van der Waals surface area (Å²) in [6, 6.07) is 24.0. The van der Waals surface area contributed by atoms with E-state index >= 15 is 0 Å². The Bertz CT molecular complexity index is 1390. The molecule has 0 spiro atoms. The Morgan fingerprint density at radius 2 is 1.65 bits per heavy atom. The Morgan fingerprint density at radius 3 is 2.29 bits per heavy atom. The predicted octanol–water partition coefficient (Wildman–Crippen LogP) is 5.07. The van der Waals surface area contributed by atoms with Gasteiger partial charge in [-0.15, -0.1) is 11.3 Å². The van der Waals surface area contributed by atoms with Gasteiger partial charge in [0, 0.05) is 12.6 Å². The second kappa shape index (κ2) is 8.22. The molecular formula is C23H17N3O3S2. The van der Waals surface area contributed by atoms with Gasteiger partial charge in [0.25, 0.3) is 10.0 Å². The highest BCUT2D eigenvalue weighted by atomic mass is 32.2. The number of rotatable bonds is 5. The molecule has 0 atom stereocenters. The van der Waals surface area contributed by atoms with Crippen molar-refractivity contribution < 1.29 is 13.5 Å². The van der Waals surface area contributed by atoms with Gasteiger partial charge in [-0.1, -0.05) is 30.3 Å². The second-order valence-corrected chi connectivity index (χ2v) is 9.65. The van der Waals surface area contributed by atoms with Gasteiger partial charge in [0.1, 0.15) is 22.4 Å². The van der Waals surface area contributed by atoms with E-state index < -0.39 is 10.0 Å². The van der Waals surface area contributed by atoms with Crippen molar-refractivity contribution in [2.75, 3.05) is 11.4 Å². The number of fused-ring (bicyclic) bond motifs is 1. The van der Waals surface area contributed by atoms with Crippen molar-refractivity contribution in [2.24, 2.45) is 0 Å². The lowest BCUT2D eigenvalue weighted by Crippen LogP contribution is -2.26. The molecule has 4 aromatic rings. The fourth-order valence-electron chi connectivity index (χ4n) is 3.05. The number of allylic oxidation sites excluding steroid dienone is 1. The first-order valence-electron chi connectivity index (χ1n) is 9.25. The summed E-state index contributed by atoms with van der Waals surface area (Å²) < 4.78 is 27.9. The highest BCUT2D eigenvalue weighted by Crippen LogP contribution is 2.31. The number of hydrogen-bond donors (Lipinski definition) is 1. The number of aliphatic hydroxyl groups is 1. The second-order valence-electron chi connectivity index (χ2n) is 6.65. The lowest BCUT2D eigenvalue weighted by molar-refractivity contribution is 0.514. The van der Waals surface area contributed by atoms with Crippen LogP contribution < -0.4 is 4.31 Å². The molecule has 8 heteroatoms. The SMILES string of the molecule is CN(c1ccccc1)S(=O)(=O)c1ccc(/C(O)=C(\C#N)c2nc3ccccc3s2)cc1. The molecule has 1 heterocycles. The number of benzene rings is 3. The molecular weight excluding hydrogens is 430 g/mol. The maximum atomic E-state index is 12.9. The van der Waals surface area contributed by atoms with E-state index in [1.807, 2.05) is 36.4 Å². The number of thiazole rings is 1. The maximum Gasteiger partial charge on any atom is 0.264 e. The van der Waals surface area contributed by atoms with Gasteiger partial charge in [0.2, 0.25) is 0 Å². The van der Waals surface area contributed by atoms with Crippen LogP contribution in [0, 0.1) is 11.3 Å². The Kier molecular flexibility index (Phi) is 5.46. The van der Waals surface area contributed by atoms with E-state index in [0.717, 1.165) is 10.2 Å². The number of aromatic nitrogens is 1. The lowest BCUT2D eigenvalue weighted by atomic mass is 10.1. The monoisotopic (exact) mass is 447 g/mol. The summed E-state index contributed by atoms with van der Waals surface area (Å²) in [7, 11) is -2.29. The molecule has 0 aliphatic heterocycles. The van der Waals surface area contributed by atoms with Crippen molar-refractivity contribution >= 4 is 48.6 Å². The first-order valence-corrected chi connectivity index (χ1v) is 11.5. The van der Waals surface area contributed by atoms with E-state index in [1.165, 1.54) is 47.0 Å². The topological polar surface area (TPSA) is 94.3 Å². The first kappa shape index (κ1) is 20.6. The van der Waals surface area contributed by atoms with Crippen LogP contribution in [0.3, 0.4) is 0 Å². The fourth-order valence-corrected chi connectivity index (χ4v) is 5.20. The third-order valence-electron chi connectivity index (χ3n) is 4.76. The van der Waals surface area contributed by atoms with Crippen molar-refractivity contribution in [3.05, 3.63) is 89.4 Å². The molecule has 0 radical (unpaired) electrons. The van der Waals surface area contributed by atoms with Crippen LogP contribution in [0.25, 0.3) is 21.5 Å². The highest BCUT2D eigenvalue weighted by Gasteiger charge is 2.22. The first-order chi connectivity index (χ1) is 14.9. The van der Waals surface area contributed by atoms with Gasteiger partial charge in [-0.05, 0) is 48.5 Å². The molecule has 0 unspecified atom stereocenters. The Balaban J connectivity index is 1.68. The number of anilines is 1.